The van der Waals surface area contributed by atoms with E-state index in [1.54, 1.807) is 0 Å². The van der Waals surface area contributed by atoms with Crippen LogP contribution >= 0.6 is 34.8 Å². The molecule has 0 amide bonds. The molecule has 2 N–H and O–H groups in total. The molecule has 0 spiro atoms. The summed E-state index contributed by atoms with van der Waals surface area (Å²) in [7, 11) is 0. The molecule has 0 unspecified atom stereocenters. The molecule has 0 bridgehead atoms. The van der Waals surface area contributed by atoms with Crippen molar-refractivity contribution in [3.8, 4) is 5.69 Å². The number of hydrogen-bond acceptors (Lipinski definition) is 2. The molecular weight excluding hydrogens is 343 g/mol. The van der Waals surface area contributed by atoms with Gasteiger partial charge in [0.25, 0.3) is 0 Å². The third-order valence-electron chi connectivity index (χ3n) is 2.97. The molecular formula is C13H6Cl3F2N3. The summed E-state index contributed by atoms with van der Waals surface area (Å²) in [6.07, 6.45) is 0. The van der Waals surface area contributed by atoms with Crippen LogP contribution in [0.2, 0.25) is 15.1 Å². The van der Waals surface area contributed by atoms with E-state index < -0.39 is 11.6 Å². The maximum atomic E-state index is 14.1. The maximum Gasteiger partial charge on any atom is 0.206 e. The zero-order valence-electron chi connectivity index (χ0n) is 10.2. The molecule has 0 aliphatic rings. The molecule has 0 aliphatic carbocycles. The van der Waals surface area contributed by atoms with Gasteiger partial charge in [-0.3, -0.25) is 4.57 Å². The SMILES string of the molecule is Nc1nc2ccc(F)c(F)c2n1-c1cc(Cl)c(Cl)cc1Cl. The molecule has 0 atom stereocenters. The molecule has 0 saturated carbocycles. The average Bonchev–Trinajstić information content (AvgIpc) is 2.75. The smallest absolute Gasteiger partial charge is 0.206 e. The summed E-state index contributed by atoms with van der Waals surface area (Å²) >= 11 is 17.9. The van der Waals surface area contributed by atoms with Gasteiger partial charge in [-0.1, -0.05) is 34.8 Å². The van der Waals surface area contributed by atoms with Crippen molar-refractivity contribution in [2.24, 2.45) is 0 Å². The Morgan fingerprint density at radius 1 is 1.00 bits per heavy atom. The second-order valence-electron chi connectivity index (χ2n) is 4.25. The maximum absolute atomic E-state index is 14.1. The highest BCUT2D eigenvalue weighted by Crippen LogP contribution is 2.35. The molecule has 8 heteroatoms. The summed E-state index contributed by atoms with van der Waals surface area (Å²) in [5.41, 5.74) is 6.13. The first kappa shape index (κ1) is 14.4. The largest absolute Gasteiger partial charge is 0.369 e. The fourth-order valence-corrected chi connectivity index (χ4v) is 2.67. The average molecular weight is 349 g/mol. The van der Waals surface area contributed by atoms with Crippen molar-refractivity contribution in [2.75, 3.05) is 5.73 Å². The first-order valence-corrected chi connectivity index (χ1v) is 6.80. The van der Waals surface area contributed by atoms with Crippen molar-refractivity contribution in [1.82, 2.24) is 9.55 Å². The van der Waals surface area contributed by atoms with E-state index in [4.69, 9.17) is 40.5 Å². The quantitative estimate of drug-likeness (QED) is 0.639. The zero-order chi connectivity index (χ0) is 15.3. The van der Waals surface area contributed by atoms with Crippen LogP contribution in [0.25, 0.3) is 16.7 Å². The fraction of sp³-hybridized carbons (Fsp3) is 0. The Morgan fingerprint density at radius 2 is 1.67 bits per heavy atom. The Kier molecular flexibility index (Phi) is 3.43. The van der Waals surface area contributed by atoms with E-state index in [1.807, 2.05) is 0 Å². The number of nitrogens with zero attached hydrogens (tertiary/aromatic N) is 2. The van der Waals surface area contributed by atoms with Crippen molar-refractivity contribution < 1.29 is 8.78 Å². The van der Waals surface area contributed by atoms with Gasteiger partial charge in [0, 0.05) is 0 Å². The summed E-state index contributed by atoms with van der Waals surface area (Å²) in [6.45, 7) is 0. The first-order chi connectivity index (χ1) is 9.90. The molecule has 0 fully saturated rings. The molecule has 3 rings (SSSR count). The number of benzene rings is 2. The van der Waals surface area contributed by atoms with Crippen molar-refractivity contribution in [3.63, 3.8) is 0 Å². The van der Waals surface area contributed by atoms with Crippen LogP contribution in [-0.2, 0) is 0 Å². The van der Waals surface area contributed by atoms with Gasteiger partial charge in [0.2, 0.25) is 5.95 Å². The minimum Gasteiger partial charge on any atom is -0.369 e. The zero-order valence-corrected chi connectivity index (χ0v) is 12.4. The van der Waals surface area contributed by atoms with Crippen LogP contribution in [0, 0.1) is 11.6 Å². The Bertz CT molecular complexity index is 877. The van der Waals surface area contributed by atoms with Gasteiger partial charge in [-0.25, -0.2) is 13.8 Å². The van der Waals surface area contributed by atoms with E-state index in [9.17, 15) is 8.78 Å². The fourth-order valence-electron chi connectivity index (χ4n) is 2.05. The predicted molar refractivity (Wildman–Crippen MR) is 80.4 cm³/mol. The van der Waals surface area contributed by atoms with E-state index in [1.165, 1.54) is 22.8 Å². The number of nitrogens with two attached hydrogens (primary N) is 1. The molecule has 1 aromatic heterocycles. The van der Waals surface area contributed by atoms with Gasteiger partial charge < -0.3 is 5.73 Å². The third-order valence-corrected chi connectivity index (χ3v) is 3.99. The lowest BCUT2D eigenvalue weighted by molar-refractivity contribution is 0.514. The monoisotopic (exact) mass is 347 g/mol. The van der Waals surface area contributed by atoms with Crippen LogP contribution in [0.5, 0.6) is 0 Å². The van der Waals surface area contributed by atoms with E-state index in [-0.39, 0.29) is 37.7 Å². The molecule has 0 saturated heterocycles. The molecule has 108 valence electrons. The van der Waals surface area contributed by atoms with Gasteiger partial charge in [-0.2, -0.15) is 0 Å². The van der Waals surface area contributed by atoms with Gasteiger partial charge >= 0.3 is 0 Å². The highest BCUT2D eigenvalue weighted by atomic mass is 35.5. The Morgan fingerprint density at radius 3 is 2.38 bits per heavy atom. The second kappa shape index (κ2) is 5.02. The van der Waals surface area contributed by atoms with E-state index in [0.717, 1.165) is 6.07 Å². The summed E-state index contributed by atoms with van der Waals surface area (Å²) in [5, 5.41) is 0.619. The summed E-state index contributed by atoms with van der Waals surface area (Å²) in [5.74, 6) is -2.13. The normalized spacial score (nSPS) is 11.3. The number of rotatable bonds is 1. The molecule has 2 aromatic carbocycles. The Hall–Kier alpha value is -1.56. The third kappa shape index (κ3) is 2.21. The second-order valence-corrected chi connectivity index (χ2v) is 5.47. The van der Waals surface area contributed by atoms with Gasteiger partial charge in [0.05, 0.1) is 26.3 Å². The Balaban J connectivity index is 2.43. The number of nitrogen functional groups attached to an aromatic ring is 1. The Labute approximate surface area is 132 Å². The summed E-state index contributed by atoms with van der Waals surface area (Å²) in [4.78, 5) is 3.98. The van der Waals surface area contributed by atoms with Crippen LogP contribution in [0.15, 0.2) is 24.3 Å². The number of anilines is 1. The van der Waals surface area contributed by atoms with Gasteiger partial charge in [-0.05, 0) is 24.3 Å². The number of fused-ring (bicyclic) bond motifs is 1. The molecule has 3 nitrogen and oxygen atoms in total. The van der Waals surface area contributed by atoms with Crippen molar-refractivity contribution in [1.29, 1.82) is 0 Å². The van der Waals surface area contributed by atoms with E-state index >= 15 is 0 Å². The highest BCUT2D eigenvalue weighted by molar-refractivity contribution is 6.43. The van der Waals surface area contributed by atoms with Crippen LogP contribution in [0.1, 0.15) is 0 Å². The van der Waals surface area contributed by atoms with Crippen molar-refractivity contribution in [3.05, 3.63) is 51.0 Å². The first-order valence-electron chi connectivity index (χ1n) is 5.67. The lowest BCUT2D eigenvalue weighted by Crippen LogP contribution is -2.03. The minimum atomic E-state index is -1.07. The molecule has 1 heterocycles. The van der Waals surface area contributed by atoms with E-state index in [2.05, 4.69) is 4.98 Å². The van der Waals surface area contributed by atoms with E-state index in [0.29, 0.717) is 0 Å². The van der Waals surface area contributed by atoms with Crippen LogP contribution in [0.3, 0.4) is 0 Å². The van der Waals surface area contributed by atoms with Crippen LogP contribution < -0.4 is 5.73 Å². The number of hydrogen-bond donors (Lipinski definition) is 1. The topological polar surface area (TPSA) is 43.8 Å². The van der Waals surface area contributed by atoms with Crippen molar-refractivity contribution in [2.45, 2.75) is 0 Å². The van der Waals surface area contributed by atoms with Gasteiger partial charge in [-0.15, -0.1) is 0 Å². The molecule has 3 aromatic rings. The van der Waals surface area contributed by atoms with Crippen LogP contribution in [-0.4, -0.2) is 9.55 Å². The number of aromatic nitrogens is 2. The predicted octanol–water partition coefficient (Wildman–Crippen LogP) is 4.85. The highest BCUT2D eigenvalue weighted by Gasteiger charge is 2.19. The lowest BCUT2D eigenvalue weighted by Gasteiger charge is -2.10. The number of halogens is 5. The minimum absolute atomic E-state index is 0.0465. The standard InChI is InChI=1S/C13H6Cl3F2N3/c14-5-3-7(16)10(4-6(5)15)21-12-9(20-13(21)19)2-1-8(17)11(12)18/h1-4H,(H2,19,20). The molecule has 0 radical (unpaired) electrons. The summed E-state index contributed by atoms with van der Waals surface area (Å²) < 4.78 is 28.7. The van der Waals surface area contributed by atoms with Crippen LogP contribution in [0.4, 0.5) is 14.7 Å². The lowest BCUT2D eigenvalue weighted by atomic mass is 10.2. The van der Waals surface area contributed by atoms with Crippen molar-refractivity contribution >= 4 is 51.8 Å². The molecule has 21 heavy (non-hydrogen) atoms. The number of imidazole rings is 1. The summed E-state index contributed by atoms with van der Waals surface area (Å²) in [6, 6.07) is 5.11. The molecule has 0 aliphatic heterocycles. The van der Waals surface area contributed by atoms with Gasteiger partial charge in [0.1, 0.15) is 5.52 Å². The van der Waals surface area contributed by atoms with Gasteiger partial charge in [0.15, 0.2) is 11.6 Å².